The fourth-order valence-electron chi connectivity index (χ4n) is 1.37. The second-order valence-electron chi connectivity index (χ2n) is 3.51. The van der Waals surface area contributed by atoms with E-state index >= 15 is 0 Å². The summed E-state index contributed by atoms with van der Waals surface area (Å²) in [5.41, 5.74) is 5.87. The van der Waals surface area contributed by atoms with Gasteiger partial charge in [-0.05, 0) is 64.2 Å². The molecule has 3 N–H and O–H groups in total. The molecule has 1 rings (SSSR count). The maximum absolute atomic E-state index is 13.8. The normalized spacial score (nSPS) is 14.1. The first-order valence-electron chi connectivity index (χ1n) is 5.12. The third-order valence-corrected chi connectivity index (χ3v) is 3.69. The predicted molar refractivity (Wildman–Crippen MR) is 82.0 cm³/mol. The lowest BCUT2D eigenvalue weighted by Crippen LogP contribution is -2.31. The zero-order valence-corrected chi connectivity index (χ0v) is 13.8. The number of phenols is 1. The van der Waals surface area contributed by atoms with Gasteiger partial charge >= 0.3 is 5.97 Å². The zero-order chi connectivity index (χ0) is 13.9. The lowest BCUT2D eigenvalue weighted by Gasteiger charge is -2.18. The van der Waals surface area contributed by atoms with Crippen LogP contribution in [0.2, 0.25) is 0 Å². The van der Waals surface area contributed by atoms with E-state index in [9.17, 15) is 14.3 Å². The van der Waals surface area contributed by atoms with Crippen molar-refractivity contribution in [1.29, 1.82) is 0 Å². The minimum atomic E-state index is -2.00. The summed E-state index contributed by atoms with van der Waals surface area (Å²) in [6, 6.07) is 2.03. The van der Waals surface area contributed by atoms with Gasteiger partial charge in [-0.25, -0.2) is 9.18 Å². The summed E-state index contributed by atoms with van der Waals surface area (Å²) in [5, 5.41) is 9.84. The first kappa shape index (κ1) is 15.9. The number of ether oxygens (including phenoxy) is 1. The van der Waals surface area contributed by atoms with Gasteiger partial charge in [0.1, 0.15) is 5.75 Å². The van der Waals surface area contributed by atoms with Crippen LogP contribution in [0.25, 0.3) is 0 Å². The smallest absolute Gasteiger partial charge is 0.342 e. The maximum atomic E-state index is 13.8. The number of benzene rings is 1. The summed E-state index contributed by atoms with van der Waals surface area (Å²) < 4.78 is 19.7. The Morgan fingerprint density at radius 2 is 2.17 bits per heavy atom. The molecule has 1 aromatic rings. The number of aromatic hydroxyl groups is 1. The zero-order valence-electron chi connectivity index (χ0n) is 9.49. The Hall–Kier alpha value is -0.160. The number of esters is 1. The molecule has 0 aliphatic rings. The fraction of sp³-hybridized carbons (Fsp3) is 0.364. The summed E-state index contributed by atoms with van der Waals surface area (Å²) in [4.78, 5) is 11.3. The SMILES string of the molecule is CCOC(=O)C(F)[C@H](N)c1cc(I)cc(I)c1O. The van der Waals surface area contributed by atoms with Crippen molar-refractivity contribution < 1.29 is 19.0 Å². The molecule has 1 aromatic carbocycles. The van der Waals surface area contributed by atoms with Gasteiger partial charge in [0.25, 0.3) is 0 Å². The van der Waals surface area contributed by atoms with Crippen molar-refractivity contribution in [3.63, 3.8) is 0 Å². The van der Waals surface area contributed by atoms with E-state index in [1.807, 2.05) is 45.2 Å². The van der Waals surface area contributed by atoms with Crippen molar-refractivity contribution in [2.45, 2.75) is 19.1 Å². The lowest BCUT2D eigenvalue weighted by molar-refractivity contribution is -0.149. The maximum Gasteiger partial charge on any atom is 0.342 e. The molecule has 0 spiro atoms. The topological polar surface area (TPSA) is 72.5 Å². The van der Waals surface area contributed by atoms with Gasteiger partial charge < -0.3 is 15.6 Å². The van der Waals surface area contributed by atoms with Crippen LogP contribution in [0.1, 0.15) is 18.5 Å². The molecule has 0 aromatic heterocycles. The Labute approximate surface area is 131 Å². The van der Waals surface area contributed by atoms with Crippen molar-refractivity contribution in [3.05, 3.63) is 24.8 Å². The highest BCUT2D eigenvalue weighted by Gasteiger charge is 2.30. The molecule has 0 radical (unpaired) electrons. The first-order valence-corrected chi connectivity index (χ1v) is 7.28. The largest absolute Gasteiger partial charge is 0.506 e. The lowest BCUT2D eigenvalue weighted by atomic mass is 10.0. The third-order valence-electron chi connectivity index (χ3n) is 2.24. The van der Waals surface area contributed by atoms with E-state index < -0.39 is 18.2 Å². The van der Waals surface area contributed by atoms with Gasteiger partial charge in [-0.3, -0.25) is 0 Å². The molecule has 0 aliphatic heterocycles. The standard InChI is InChI=1S/C11H12FI2NO3/c1-2-18-11(17)8(12)9(15)6-3-5(13)4-7(14)10(6)16/h3-4,8-9,16H,2,15H2,1H3/t8?,9-/m1/s1. The number of halogens is 3. The second kappa shape index (κ2) is 6.85. The molecule has 0 fully saturated rings. The quantitative estimate of drug-likeness (QED) is 0.515. The molecule has 1 unspecified atom stereocenters. The molecule has 18 heavy (non-hydrogen) atoms. The van der Waals surface area contributed by atoms with E-state index in [1.165, 1.54) is 0 Å². The van der Waals surface area contributed by atoms with Gasteiger partial charge in [0, 0.05) is 9.13 Å². The number of carbonyl (C=O) groups excluding carboxylic acids is 1. The molecule has 0 aliphatic carbocycles. The van der Waals surface area contributed by atoms with Crippen molar-refractivity contribution in [2.75, 3.05) is 6.61 Å². The molecule has 0 amide bonds. The first-order chi connectivity index (χ1) is 8.38. The predicted octanol–water partition coefficient (Wildman–Crippen LogP) is 2.50. The summed E-state index contributed by atoms with van der Waals surface area (Å²) in [7, 11) is 0. The van der Waals surface area contributed by atoms with Crippen molar-refractivity contribution >= 4 is 51.2 Å². The molecule has 0 bridgehead atoms. The minimum Gasteiger partial charge on any atom is -0.506 e. The van der Waals surface area contributed by atoms with Crippen molar-refractivity contribution in [1.82, 2.24) is 0 Å². The van der Waals surface area contributed by atoms with Crippen LogP contribution in [0.3, 0.4) is 0 Å². The molecular formula is C11H12FI2NO3. The molecular weight excluding hydrogens is 467 g/mol. The number of nitrogens with two attached hydrogens (primary N) is 1. The van der Waals surface area contributed by atoms with Gasteiger partial charge in [-0.15, -0.1) is 0 Å². The Morgan fingerprint density at radius 1 is 1.56 bits per heavy atom. The van der Waals surface area contributed by atoms with Gasteiger partial charge in [-0.2, -0.15) is 0 Å². The van der Waals surface area contributed by atoms with Gasteiger partial charge in [0.15, 0.2) is 0 Å². The van der Waals surface area contributed by atoms with E-state index in [2.05, 4.69) is 4.74 Å². The highest BCUT2D eigenvalue weighted by molar-refractivity contribution is 14.1. The van der Waals surface area contributed by atoms with Crippen LogP contribution in [-0.4, -0.2) is 23.9 Å². The van der Waals surface area contributed by atoms with E-state index in [-0.39, 0.29) is 17.9 Å². The van der Waals surface area contributed by atoms with Gasteiger partial charge in [0.05, 0.1) is 16.2 Å². The molecule has 4 nitrogen and oxygen atoms in total. The Bertz CT molecular complexity index is 456. The van der Waals surface area contributed by atoms with Crippen molar-refractivity contribution in [2.24, 2.45) is 5.73 Å². The van der Waals surface area contributed by atoms with Crippen LogP contribution >= 0.6 is 45.2 Å². The minimum absolute atomic E-state index is 0.0851. The molecule has 7 heteroatoms. The average molecular weight is 479 g/mol. The number of carbonyl (C=O) groups is 1. The number of hydrogen-bond acceptors (Lipinski definition) is 4. The van der Waals surface area contributed by atoms with Crippen LogP contribution in [-0.2, 0) is 9.53 Å². The second-order valence-corrected chi connectivity index (χ2v) is 5.91. The molecule has 0 saturated carbocycles. The molecule has 0 saturated heterocycles. The van der Waals surface area contributed by atoms with Crippen LogP contribution in [0.15, 0.2) is 12.1 Å². The van der Waals surface area contributed by atoms with Gasteiger partial charge in [0.2, 0.25) is 6.17 Å². The average Bonchev–Trinajstić information content (AvgIpc) is 2.32. The highest BCUT2D eigenvalue weighted by atomic mass is 127. The van der Waals surface area contributed by atoms with Crippen LogP contribution in [0.5, 0.6) is 5.75 Å². The molecule has 100 valence electrons. The Balaban J connectivity index is 3.03. The Kier molecular flexibility index (Phi) is 6.05. The monoisotopic (exact) mass is 479 g/mol. The van der Waals surface area contributed by atoms with Crippen LogP contribution < -0.4 is 5.73 Å². The summed E-state index contributed by atoms with van der Waals surface area (Å²) >= 11 is 3.95. The number of alkyl halides is 1. The van der Waals surface area contributed by atoms with Crippen molar-refractivity contribution in [3.8, 4) is 5.75 Å². The summed E-state index contributed by atoms with van der Waals surface area (Å²) in [6.07, 6.45) is -2.00. The summed E-state index contributed by atoms with van der Waals surface area (Å²) in [5.74, 6) is -1.12. The molecule has 2 atom stereocenters. The van der Waals surface area contributed by atoms with E-state index in [0.29, 0.717) is 3.57 Å². The van der Waals surface area contributed by atoms with Gasteiger partial charge in [-0.1, -0.05) is 0 Å². The fourth-order valence-corrected chi connectivity index (χ4v) is 3.26. The van der Waals surface area contributed by atoms with E-state index in [4.69, 9.17) is 5.73 Å². The third kappa shape index (κ3) is 3.67. The van der Waals surface area contributed by atoms with E-state index in [0.717, 1.165) is 3.57 Å². The number of rotatable bonds is 4. The molecule has 0 heterocycles. The summed E-state index contributed by atoms with van der Waals surface area (Å²) in [6.45, 7) is 1.67. The number of phenolic OH excluding ortho intramolecular Hbond substituents is 1. The van der Waals surface area contributed by atoms with E-state index in [1.54, 1.807) is 19.1 Å². The highest BCUT2D eigenvalue weighted by Crippen LogP contribution is 2.32. The van der Waals surface area contributed by atoms with Crippen LogP contribution in [0.4, 0.5) is 4.39 Å². The number of hydrogen-bond donors (Lipinski definition) is 2. The van der Waals surface area contributed by atoms with Crippen LogP contribution in [0, 0.1) is 7.14 Å². The Morgan fingerprint density at radius 3 is 2.72 bits per heavy atom.